The molecule has 1 aromatic carbocycles. The van der Waals surface area contributed by atoms with Gasteiger partial charge in [-0.05, 0) is 29.5 Å². The SMILES string of the molecule is C[C@H]1CN2CC3=C(CNc4ccccc4S2(=O)=O)C(=O)C[C@@H]31. The zero-order valence-electron chi connectivity index (χ0n) is 12.4. The van der Waals surface area contributed by atoms with Gasteiger partial charge < -0.3 is 5.32 Å². The molecular weight excluding hydrogens is 300 g/mol. The van der Waals surface area contributed by atoms with Crippen molar-refractivity contribution in [3.8, 4) is 0 Å². The van der Waals surface area contributed by atoms with Crippen molar-refractivity contribution in [3.05, 3.63) is 35.4 Å². The largest absolute Gasteiger partial charge is 0.380 e. The molecule has 116 valence electrons. The number of benzene rings is 1. The highest BCUT2D eigenvalue weighted by molar-refractivity contribution is 7.89. The van der Waals surface area contributed by atoms with Gasteiger partial charge in [0, 0.05) is 31.6 Å². The smallest absolute Gasteiger partial charge is 0.245 e. The minimum atomic E-state index is -3.54. The molecule has 2 heterocycles. The number of hydrogen-bond donors (Lipinski definition) is 1. The van der Waals surface area contributed by atoms with Crippen molar-refractivity contribution >= 4 is 21.5 Å². The molecule has 3 atom stereocenters. The minimum Gasteiger partial charge on any atom is -0.380 e. The van der Waals surface area contributed by atoms with Gasteiger partial charge in [-0.15, -0.1) is 0 Å². The van der Waals surface area contributed by atoms with E-state index in [1.807, 2.05) is 6.92 Å². The Morgan fingerprint density at radius 2 is 2.05 bits per heavy atom. The lowest BCUT2D eigenvalue weighted by molar-refractivity contribution is -0.115. The average Bonchev–Trinajstić information content (AvgIpc) is 2.82. The molecule has 3 aliphatic rings. The molecule has 6 heteroatoms. The second-order valence-corrected chi connectivity index (χ2v) is 8.27. The third-order valence-electron chi connectivity index (χ3n) is 5.06. The third-order valence-corrected chi connectivity index (χ3v) is 6.93. The van der Waals surface area contributed by atoms with Gasteiger partial charge in [-0.3, -0.25) is 4.79 Å². The molecule has 2 bridgehead atoms. The van der Waals surface area contributed by atoms with Crippen LogP contribution >= 0.6 is 0 Å². The van der Waals surface area contributed by atoms with Gasteiger partial charge in [-0.25, -0.2) is 8.42 Å². The highest BCUT2D eigenvalue weighted by Crippen LogP contribution is 2.42. The lowest BCUT2D eigenvalue weighted by Crippen LogP contribution is -2.43. The lowest BCUT2D eigenvalue weighted by atomic mass is 9.85. The number of Topliss-reactive ketones (excluding diaryl/α,β-unsaturated/α-hetero) is 1. The standard InChI is InChI=1S/C16H18N2O3S/c1-10-8-18-9-13-11(10)6-15(19)12(13)7-17-14-4-2-3-5-16(14)22(18,20)21/h2-5,10-11,17H,6-9H2,1H3/t10-,11+/m0/s1. The Hall–Kier alpha value is -1.66. The summed E-state index contributed by atoms with van der Waals surface area (Å²) in [6.45, 7) is 3.29. The van der Waals surface area contributed by atoms with Gasteiger partial charge in [0.25, 0.3) is 0 Å². The molecule has 1 fully saturated rings. The number of carbonyl (C=O) groups is 1. The summed E-state index contributed by atoms with van der Waals surface area (Å²) in [7, 11) is -3.54. The van der Waals surface area contributed by atoms with Crippen molar-refractivity contribution in [1.29, 1.82) is 0 Å². The molecule has 0 aromatic heterocycles. The molecule has 0 spiro atoms. The van der Waals surface area contributed by atoms with Gasteiger partial charge in [0.1, 0.15) is 4.90 Å². The Labute approximate surface area is 130 Å². The summed E-state index contributed by atoms with van der Waals surface area (Å²) in [5.41, 5.74) is 2.38. The number of piperidine rings is 1. The van der Waals surface area contributed by atoms with Crippen molar-refractivity contribution in [1.82, 2.24) is 4.31 Å². The molecule has 1 aliphatic carbocycles. The van der Waals surface area contributed by atoms with E-state index in [1.54, 1.807) is 24.3 Å². The van der Waals surface area contributed by atoms with Crippen molar-refractivity contribution in [2.75, 3.05) is 25.0 Å². The second-order valence-electron chi connectivity index (χ2n) is 6.36. The number of fused-ring (bicyclic) bond motifs is 2. The van der Waals surface area contributed by atoms with Crippen molar-refractivity contribution in [2.24, 2.45) is 11.8 Å². The first-order chi connectivity index (χ1) is 10.5. The number of nitrogens with zero attached hydrogens (tertiary/aromatic N) is 1. The first kappa shape index (κ1) is 14.0. The van der Waals surface area contributed by atoms with Crippen LogP contribution in [0.4, 0.5) is 5.69 Å². The highest BCUT2D eigenvalue weighted by Gasteiger charge is 2.44. The number of ketones is 1. The molecule has 0 saturated carbocycles. The summed E-state index contributed by atoms with van der Waals surface area (Å²) in [5.74, 6) is 0.542. The predicted octanol–water partition coefficient (Wildman–Crippen LogP) is 1.64. The van der Waals surface area contributed by atoms with E-state index in [4.69, 9.17) is 0 Å². The Bertz CT molecular complexity index is 797. The van der Waals surface area contributed by atoms with Crippen LogP contribution in [0.25, 0.3) is 0 Å². The van der Waals surface area contributed by atoms with Crippen LogP contribution in [0.5, 0.6) is 0 Å². The topological polar surface area (TPSA) is 66.5 Å². The Balaban J connectivity index is 1.92. The monoisotopic (exact) mass is 318 g/mol. The molecule has 2 aliphatic heterocycles. The summed E-state index contributed by atoms with van der Waals surface area (Å²) in [6, 6.07) is 6.93. The van der Waals surface area contributed by atoms with E-state index < -0.39 is 10.0 Å². The maximum atomic E-state index is 13.0. The van der Waals surface area contributed by atoms with Crippen molar-refractivity contribution in [2.45, 2.75) is 18.2 Å². The number of rotatable bonds is 0. The predicted molar refractivity (Wildman–Crippen MR) is 83.0 cm³/mol. The fourth-order valence-corrected chi connectivity index (χ4v) is 5.55. The van der Waals surface area contributed by atoms with Crippen LogP contribution in [0.15, 0.2) is 40.3 Å². The van der Waals surface area contributed by atoms with Gasteiger partial charge in [0.2, 0.25) is 10.0 Å². The third kappa shape index (κ3) is 1.87. The van der Waals surface area contributed by atoms with Crippen LogP contribution in [-0.4, -0.2) is 38.1 Å². The first-order valence-electron chi connectivity index (χ1n) is 7.56. The van der Waals surface area contributed by atoms with E-state index in [0.717, 1.165) is 11.1 Å². The average molecular weight is 318 g/mol. The molecule has 1 N–H and O–H groups in total. The molecular formula is C16H18N2O3S. The van der Waals surface area contributed by atoms with E-state index in [1.165, 1.54) is 4.31 Å². The normalized spacial score (nSPS) is 32.6. The van der Waals surface area contributed by atoms with Gasteiger partial charge >= 0.3 is 0 Å². The zero-order chi connectivity index (χ0) is 15.5. The molecule has 0 amide bonds. The first-order valence-corrected chi connectivity index (χ1v) is 9.00. The Morgan fingerprint density at radius 1 is 1.27 bits per heavy atom. The van der Waals surface area contributed by atoms with Gasteiger partial charge in [0.15, 0.2) is 5.78 Å². The molecule has 1 aromatic rings. The summed E-state index contributed by atoms with van der Waals surface area (Å²) in [4.78, 5) is 12.6. The van der Waals surface area contributed by atoms with Gasteiger partial charge in [-0.2, -0.15) is 4.31 Å². The maximum Gasteiger partial charge on any atom is 0.245 e. The second kappa shape index (κ2) is 4.67. The highest BCUT2D eigenvalue weighted by atomic mass is 32.2. The Kier molecular flexibility index (Phi) is 2.96. The molecule has 1 saturated heterocycles. The van der Waals surface area contributed by atoms with Gasteiger partial charge in [0.05, 0.1) is 5.69 Å². The van der Waals surface area contributed by atoms with Crippen LogP contribution in [0.1, 0.15) is 13.3 Å². The quantitative estimate of drug-likeness (QED) is 0.790. The van der Waals surface area contributed by atoms with Crippen LogP contribution in [0.2, 0.25) is 0 Å². The fraction of sp³-hybridized carbons (Fsp3) is 0.438. The van der Waals surface area contributed by atoms with E-state index in [-0.39, 0.29) is 17.6 Å². The fourth-order valence-electron chi connectivity index (χ4n) is 3.86. The Morgan fingerprint density at radius 3 is 2.86 bits per heavy atom. The maximum absolute atomic E-state index is 13.0. The van der Waals surface area contributed by atoms with Crippen molar-refractivity contribution < 1.29 is 13.2 Å². The summed E-state index contributed by atoms with van der Waals surface area (Å²) in [5, 5.41) is 3.16. The van der Waals surface area contributed by atoms with E-state index >= 15 is 0 Å². The molecule has 4 rings (SSSR count). The molecule has 22 heavy (non-hydrogen) atoms. The number of hydrogen-bond acceptors (Lipinski definition) is 4. The summed E-state index contributed by atoms with van der Waals surface area (Å²) < 4.78 is 27.5. The van der Waals surface area contributed by atoms with Gasteiger partial charge in [-0.1, -0.05) is 19.1 Å². The molecule has 1 unspecified atom stereocenters. The molecule has 0 radical (unpaired) electrons. The minimum absolute atomic E-state index is 0.165. The summed E-state index contributed by atoms with van der Waals surface area (Å²) in [6.07, 6.45) is 0.531. The zero-order valence-corrected chi connectivity index (χ0v) is 13.2. The number of nitrogens with one attached hydrogen (secondary N) is 1. The van der Waals surface area contributed by atoms with E-state index in [9.17, 15) is 13.2 Å². The van der Waals surface area contributed by atoms with Crippen molar-refractivity contribution in [3.63, 3.8) is 0 Å². The number of para-hydroxylation sites is 1. The van der Waals surface area contributed by atoms with Crippen LogP contribution in [0, 0.1) is 11.8 Å². The number of carbonyl (C=O) groups excluding carboxylic acids is 1. The summed E-state index contributed by atoms with van der Waals surface area (Å²) >= 11 is 0. The van der Waals surface area contributed by atoms with Crippen LogP contribution < -0.4 is 5.32 Å². The lowest BCUT2D eigenvalue weighted by Gasteiger charge is -2.35. The number of sulfonamides is 1. The van der Waals surface area contributed by atoms with E-state index in [2.05, 4.69) is 5.32 Å². The number of anilines is 1. The molecule has 5 nitrogen and oxygen atoms in total. The van der Waals surface area contributed by atoms with Crippen LogP contribution in [0.3, 0.4) is 0 Å². The van der Waals surface area contributed by atoms with E-state index in [0.29, 0.717) is 36.6 Å². The van der Waals surface area contributed by atoms with Crippen LogP contribution in [-0.2, 0) is 14.8 Å².